The number of aromatic nitrogens is 1. The number of carbonyl (C=O) groups excluding carboxylic acids is 2. The fourth-order valence-electron chi connectivity index (χ4n) is 2.52. The summed E-state index contributed by atoms with van der Waals surface area (Å²) in [6, 6.07) is 6.13. The summed E-state index contributed by atoms with van der Waals surface area (Å²) in [4.78, 5) is 29.7. The highest BCUT2D eigenvalue weighted by molar-refractivity contribution is 7.90. The molecule has 0 radical (unpaired) electrons. The first-order valence-corrected chi connectivity index (χ1v) is 9.56. The average Bonchev–Trinajstić information content (AvgIpc) is 3.06. The van der Waals surface area contributed by atoms with Crippen LogP contribution >= 0.6 is 11.3 Å². The molecule has 0 saturated heterocycles. The van der Waals surface area contributed by atoms with Crippen molar-refractivity contribution in [3.63, 3.8) is 0 Å². The molecule has 0 saturated carbocycles. The second kappa shape index (κ2) is 5.99. The van der Waals surface area contributed by atoms with Gasteiger partial charge < -0.3 is 0 Å². The standard InChI is InChI=1S/C15H15N3O4S2/c1-3-17(10(2)19)15-16-11(9-23-15)8-18-14(20)12-6-4-5-7-13(12)24(18,21)22/h4-7,9H,3,8H2,1-2H3. The van der Waals surface area contributed by atoms with Gasteiger partial charge in [-0.25, -0.2) is 17.7 Å². The van der Waals surface area contributed by atoms with Crippen molar-refractivity contribution in [2.24, 2.45) is 0 Å². The highest BCUT2D eigenvalue weighted by Gasteiger charge is 2.41. The number of hydrogen-bond acceptors (Lipinski definition) is 6. The second-order valence-electron chi connectivity index (χ2n) is 5.20. The van der Waals surface area contributed by atoms with Gasteiger partial charge in [0.25, 0.3) is 15.9 Å². The van der Waals surface area contributed by atoms with Gasteiger partial charge in [0.15, 0.2) is 5.13 Å². The number of anilines is 1. The number of benzene rings is 1. The predicted molar refractivity (Wildman–Crippen MR) is 89.3 cm³/mol. The molecular weight excluding hydrogens is 350 g/mol. The van der Waals surface area contributed by atoms with E-state index < -0.39 is 15.9 Å². The average molecular weight is 365 g/mol. The minimum absolute atomic E-state index is 0.0179. The summed E-state index contributed by atoms with van der Waals surface area (Å²) in [6.45, 7) is 3.58. The first-order valence-electron chi connectivity index (χ1n) is 7.25. The molecule has 0 atom stereocenters. The lowest BCUT2D eigenvalue weighted by Crippen LogP contribution is -2.30. The Hall–Kier alpha value is -2.26. The lowest BCUT2D eigenvalue weighted by atomic mass is 10.2. The van der Waals surface area contributed by atoms with E-state index in [1.54, 1.807) is 17.5 Å². The number of rotatable bonds is 4. The third-order valence-corrected chi connectivity index (χ3v) is 6.38. The molecule has 2 aromatic rings. The van der Waals surface area contributed by atoms with Crippen molar-refractivity contribution in [2.45, 2.75) is 25.3 Å². The van der Waals surface area contributed by atoms with Crippen LogP contribution in [0.25, 0.3) is 0 Å². The number of thiazole rings is 1. The zero-order chi connectivity index (χ0) is 17.5. The van der Waals surface area contributed by atoms with Gasteiger partial charge >= 0.3 is 0 Å². The molecule has 0 bridgehead atoms. The molecule has 3 rings (SSSR count). The van der Waals surface area contributed by atoms with Crippen LogP contribution in [-0.2, 0) is 21.4 Å². The van der Waals surface area contributed by atoms with Gasteiger partial charge in [0.1, 0.15) is 4.90 Å². The number of fused-ring (bicyclic) bond motifs is 1. The van der Waals surface area contributed by atoms with Crippen molar-refractivity contribution in [1.82, 2.24) is 9.29 Å². The normalized spacial score (nSPS) is 15.4. The third kappa shape index (κ3) is 2.59. The maximum absolute atomic E-state index is 12.5. The molecule has 126 valence electrons. The predicted octanol–water partition coefficient (Wildman–Crippen LogP) is 1.86. The Bertz CT molecular complexity index is 920. The van der Waals surface area contributed by atoms with E-state index >= 15 is 0 Å². The first-order chi connectivity index (χ1) is 11.4. The zero-order valence-corrected chi connectivity index (χ0v) is 14.7. The quantitative estimate of drug-likeness (QED) is 0.825. The van der Waals surface area contributed by atoms with Crippen LogP contribution in [0.5, 0.6) is 0 Å². The first kappa shape index (κ1) is 16.6. The van der Waals surface area contributed by atoms with Gasteiger partial charge in [-0.1, -0.05) is 12.1 Å². The maximum Gasteiger partial charge on any atom is 0.269 e. The van der Waals surface area contributed by atoms with Crippen molar-refractivity contribution < 1.29 is 18.0 Å². The highest BCUT2D eigenvalue weighted by atomic mass is 32.2. The summed E-state index contributed by atoms with van der Waals surface area (Å²) >= 11 is 1.24. The second-order valence-corrected chi connectivity index (χ2v) is 7.86. The SMILES string of the molecule is CCN(C(C)=O)c1nc(CN2C(=O)c3ccccc3S2(=O)=O)cs1. The van der Waals surface area contributed by atoms with E-state index in [0.29, 0.717) is 17.4 Å². The van der Waals surface area contributed by atoms with Gasteiger partial charge in [0.05, 0.1) is 17.8 Å². The molecule has 2 amide bonds. The van der Waals surface area contributed by atoms with Gasteiger partial charge in [-0.2, -0.15) is 0 Å². The molecule has 7 nitrogen and oxygen atoms in total. The molecule has 0 spiro atoms. The van der Waals surface area contributed by atoms with Crippen LogP contribution in [0.2, 0.25) is 0 Å². The van der Waals surface area contributed by atoms with Crippen LogP contribution in [0.4, 0.5) is 5.13 Å². The van der Waals surface area contributed by atoms with E-state index in [1.807, 2.05) is 6.92 Å². The van der Waals surface area contributed by atoms with E-state index in [0.717, 1.165) is 4.31 Å². The Morgan fingerprint density at radius 1 is 1.33 bits per heavy atom. The Morgan fingerprint density at radius 3 is 2.67 bits per heavy atom. The van der Waals surface area contributed by atoms with Crippen LogP contribution in [0.1, 0.15) is 29.9 Å². The number of hydrogen-bond donors (Lipinski definition) is 0. The lowest BCUT2D eigenvalue weighted by Gasteiger charge is -2.15. The molecule has 0 fully saturated rings. The molecule has 0 unspecified atom stereocenters. The van der Waals surface area contributed by atoms with Crippen LogP contribution in [-0.4, -0.2) is 36.1 Å². The van der Waals surface area contributed by atoms with Crippen LogP contribution in [0.15, 0.2) is 34.5 Å². The molecule has 1 aliphatic heterocycles. The van der Waals surface area contributed by atoms with Gasteiger partial charge in [-0.3, -0.25) is 14.5 Å². The minimum Gasteiger partial charge on any atom is -0.289 e. The van der Waals surface area contributed by atoms with Gasteiger partial charge in [-0.05, 0) is 19.1 Å². The van der Waals surface area contributed by atoms with E-state index in [1.165, 1.54) is 35.3 Å². The fourth-order valence-corrected chi connectivity index (χ4v) is 4.98. The summed E-state index contributed by atoms with van der Waals surface area (Å²) in [5.41, 5.74) is 0.603. The largest absolute Gasteiger partial charge is 0.289 e. The topological polar surface area (TPSA) is 87.7 Å². The summed E-state index contributed by atoms with van der Waals surface area (Å²) in [7, 11) is -3.86. The summed E-state index contributed by atoms with van der Waals surface area (Å²) in [5.74, 6) is -0.699. The number of amides is 2. The zero-order valence-electron chi connectivity index (χ0n) is 13.1. The smallest absolute Gasteiger partial charge is 0.269 e. The molecule has 1 aliphatic rings. The maximum atomic E-state index is 12.5. The van der Waals surface area contributed by atoms with E-state index in [-0.39, 0.29) is 22.9 Å². The molecule has 0 N–H and O–H groups in total. The molecule has 9 heteroatoms. The van der Waals surface area contributed by atoms with Crippen molar-refractivity contribution in [1.29, 1.82) is 0 Å². The van der Waals surface area contributed by atoms with E-state index in [2.05, 4.69) is 4.98 Å². The monoisotopic (exact) mass is 365 g/mol. The fraction of sp³-hybridized carbons (Fsp3) is 0.267. The van der Waals surface area contributed by atoms with Crippen molar-refractivity contribution in [2.75, 3.05) is 11.4 Å². The third-order valence-electron chi connectivity index (χ3n) is 3.68. The Labute approximate surface area is 143 Å². The van der Waals surface area contributed by atoms with Crippen molar-refractivity contribution >= 4 is 38.3 Å². The Kier molecular flexibility index (Phi) is 4.14. The molecule has 0 aliphatic carbocycles. The number of nitrogens with zero attached hydrogens (tertiary/aromatic N) is 3. The molecule has 1 aromatic carbocycles. The molecule has 24 heavy (non-hydrogen) atoms. The van der Waals surface area contributed by atoms with E-state index in [9.17, 15) is 18.0 Å². The van der Waals surface area contributed by atoms with Crippen molar-refractivity contribution in [3.05, 3.63) is 40.9 Å². The highest BCUT2D eigenvalue weighted by Crippen LogP contribution is 2.32. The van der Waals surface area contributed by atoms with Crippen LogP contribution in [0.3, 0.4) is 0 Å². The van der Waals surface area contributed by atoms with E-state index in [4.69, 9.17) is 0 Å². The van der Waals surface area contributed by atoms with Gasteiger partial charge in [-0.15, -0.1) is 11.3 Å². The molecule has 2 heterocycles. The number of sulfonamides is 1. The Balaban J connectivity index is 1.89. The van der Waals surface area contributed by atoms with Crippen molar-refractivity contribution in [3.8, 4) is 0 Å². The van der Waals surface area contributed by atoms with Crippen LogP contribution < -0.4 is 4.90 Å². The summed E-state index contributed by atoms with van der Waals surface area (Å²) < 4.78 is 25.9. The van der Waals surface area contributed by atoms with Gasteiger partial charge in [0.2, 0.25) is 5.91 Å². The molecular formula is C15H15N3O4S2. The Morgan fingerprint density at radius 2 is 2.04 bits per heavy atom. The lowest BCUT2D eigenvalue weighted by molar-refractivity contribution is -0.116. The minimum atomic E-state index is -3.86. The summed E-state index contributed by atoms with van der Waals surface area (Å²) in [5, 5.41) is 2.15. The number of carbonyl (C=O) groups is 2. The molecule has 1 aromatic heterocycles. The van der Waals surface area contributed by atoms with Crippen LogP contribution in [0, 0.1) is 0 Å². The van der Waals surface area contributed by atoms with Gasteiger partial charge in [0, 0.05) is 18.8 Å². The summed E-state index contributed by atoms with van der Waals surface area (Å²) in [6.07, 6.45) is 0.